The summed E-state index contributed by atoms with van der Waals surface area (Å²) in [6.45, 7) is 7.20. The molecule has 0 saturated carbocycles. The highest BCUT2D eigenvalue weighted by atomic mass is 16.7. The van der Waals surface area contributed by atoms with Gasteiger partial charge in [-0.2, -0.15) is 0 Å². The maximum absolute atomic E-state index is 13.6. The number of allylic oxidation sites excluding steroid dienone is 16. The van der Waals surface area contributed by atoms with Crippen LogP contribution in [0.1, 0.15) is 118 Å². The van der Waals surface area contributed by atoms with E-state index in [0.29, 0.717) is 19.4 Å². The molecule has 1 heterocycles. The first-order valence-corrected chi connectivity index (χ1v) is 30.0. The molecule has 1 aliphatic heterocycles. The Morgan fingerprint density at radius 3 is 1.58 bits per heavy atom. The van der Waals surface area contributed by atoms with Crippen LogP contribution < -0.4 is 5.73 Å². The SMILES string of the molecule is COC(=O)C=CC=CC=CC=CCCC=CC(C)C(O)C(C)C(O)C=CC=CC=CC=CC=CCC(OC1OC(C)C(O)C(O)C1O)C(C)C(=O)CC(O)CC(O)CC(O)C=CCC(O)CC(O)CC(O)CC(O)C=CCC(O)CC(O)CCCN. The van der Waals surface area contributed by atoms with E-state index in [-0.39, 0.29) is 63.7 Å². The Labute approximate surface area is 509 Å². The molecular weight excluding hydrogens is 1110 g/mol. The molecule has 0 spiro atoms. The fourth-order valence-corrected chi connectivity index (χ4v) is 9.05. The zero-order valence-electron chi connectivity index (χ0n) is 50.9. The quantitative estimate of drug-likeness (QED) is 0.0135. The minimum absolute atomic E-state index is 0.0253. The molecule has 0 radical (unpaired) electrons. The summed E-state index contributed by atoms with van der Waals surface area (Å²) in [4.78, 5) is 24.6. The van der Waals surface area contributed by atoms with Crippen molar-refractivity contribution in [3.8, 4) is 0 Å². The standard InChI is InChI=1S/C66H105NO19/c1-45(28-21-17-13-9-6-7-12-16-20-24-36-61(79)84-5)62(80)47(3)58(77)34-22-18-14-10-8-11-15-19-23-35-60(86-66-65(83)64(82)63(81)48(4)85-66)46(2)59(78)44-57(76)43-56(75)41-52(71)32-26-31-51(70)40-55(74)42-54(73)39-50(69)30-25-29-49(68)38-53(72)33-27-37-67/h6-12,14-16,18-26,28,30,32,34,36,45-58,60,62-66,68-77,80-83H,13,17,27,29,31,33,35,37-44,67H2,1-5H3. The zero-order chi connectivity index (χ0) is 64.4. The first-order valence-electron chi connectivity index (χ1n) is 30.0. The van der Waals surface area contributed by atoms with Crippen LogP contribution in [0.2, 0.25) is 0 Å². The van der Waals surface area contributed by atoms with Gasteiger partial charge in [-0.05, 0) is 84.1 Å². The number of unbranched alkanes of at least 4 members (excludes halogenated alkanes) is 1. The number of nitrogens with two attached hydrogens (primary N) is 1. The second-order valence-corrected chi connectivity index (χ2v) is 22.2. The van der Waals surface area contributed by atoms with Crippen LogP contribution in [0, 0.1) is 17.8 Å². The molecule has 16 N–H and O–H groups in total. The van der Waals surface area contributed by atoms with E-state index < -0.39 is 134 Å². The van der Waals surface area contributed by atoms with Gasteiger partial charge in [0.25, 0.3) is 0 Å². The molecule has 86 heavy (non-hydrogen) atoms. The summed E-state index contributed by atoms with van der Waals surface area (Å²) < 4.78 is 16.2. The Balaban J connectivity index is 2.68. The molecule has 0 bridgehead atoms. The van der Waals surface area contributed by atoms with Gasteiger partial charge in [0.2, 0.25) is 0 Å². The number of carbonyl (C=O) groups is 2. The Kier molecular flexibility index (Phi) is 43.7. The van der Waals surface area contributed by atoms with Crippen molar-refractivity contribution in [3.63, 3.8) is 0 Å². The van der Waals surface area contributed by atoms with E-state index in [1.54, 1.807) is 98.9 Å². The molecule has 20 unspecified atom stereocenters. The van der Waals surface area contributed by atoms with E-state index >= 15 is 0 Å². The molecule has 0 aromatic rings. The van der Waals surface area contributed by atoms with E-state index in [0.717, 1.165) is 12.8 Å². The van der Waals surface area contributed by atoms with Crippen LogP contribution >= 0.6 is 0 Å². The van der Waals surface area contributed by atoms with Crippen LogP contribution in [-0.2, 0) is 23.8 Å². The highest BCUT2D eigenvalue weighted by molar-refractivity contribution is 5.82. The third-order valence-corrected chi connectivity index (χ3v) is 14.4. The van der Waals surface area contributed by atoms with Crippen LogP contribution in [0.15, 0.2) is 146 Å². The van der Waals surface area contributed by atoms with Gasteiger partial charge < -0.3 is 91.4 Å². The molecule has 1 saturated heterocycles. The van der Waals surface area contributed by atoms with Gasteiger partial charge in [0.1, 0.15) is 24.1 Å². The molecule has 20 heteroatoms. The number of esters is 1. The molecule has 0 aromatic heterocycles. The summed E-state index contributed by atoms with van der Waals surface area (Å²) in [6, 6.07) is 0. The second kappa shape index (κ2) is 47.4. The molecule has 488 valence electrons. The van der Waals surface area contributed by atoms with E-state index in [1.165, 1.54) is 38.3 Å². The van der Waals surface area contributed by atoms with Crippen molar-refractivity contribution < 1.29 is 95.3 Å². The van der Waals surface area contributed by atoms with Gasteiger partial charge in [-0.25, -0.2) is 4.79 Å². The van der Waals surface area contributed by atoms with Gasteiger partial charge in [0.15, 0.2) is 6.29 Å². The number of hydrogen-bond acceptors (Lipinski definition) is 20. The minimum Gasteiger partial charge on any atom is -0.466 e. The largest absolute Gasteiger partial charge is 0.466 e. The van der Waals surface area contributed by atoms with E-state index in [2.05, 4.69) is 4.74 Å². The van der Waals surface area contributed by atoms with Crippen LogP contribution in [0.4, 0.5) is 0 Å². The van der Waals surface area contributed by atoms with E-state index in [4.69, 9.17) is 15.2 Å². The molecule has 0 aromatic carbocycles. The fourth-order valence-electron chi connectivity index (χ4n) is 9.05. The van der Waals surface area contributed by atoms with Crippen LogP contribution in [0.5, 0.6) is 0 Å². The molecule has 1 aliphatic rings. The summed E-state index contributed by atoms with van der Waals surface area (Å²) in [6.07, 6.45) is 24.1. The number of rotatable bonds is 45. The van der Waals surface area contributed by atoms with Gasteiger partial charge in [0, 0.05) is 43.1 Å². The molecule has 20 nitrogen and oxygen atoms in total. The summed E-state index contributed by atoms with van der Waals surface area (Å²) in [5, 5.41) is 146. The van der Waals surface area contributed by atoms with Gasteiger partial charge in [-0.1, -0.05) is 161 Å². The van der Waals surface area contributed by atoms with Crippen molar-refractivity contribution >= 4 is 11.8 Å². The van der Waals surface area contributed by atoms with Gasteiger partial charge in [-0.15, -0.1) is 0 Å². The lowest BCUT2D eigenvalue weighted by atomic mass is 9.88. The molecule has 1 fully saturated rings. The molecule has 1 rings (SSSR count). The summed E-state index contributed by atoms with van der Waals surface area (Å²) >= 11 is 0. The molecule has 20 atom stereocenters. The lowest BCUT2D eigenvalue weighted by Gasteiger charge is -2.41. The number of ketones is 1. The Morgan fingerprint density at radius 1 is 0.523 bits per heavy atom. The van der Waals surface area contributed by atoms with E-state index in [1.807, 2.05) is 43.4 Å². The third kappa shape index (κ3) is 37.2. The van der Waals surface area contributed by atoms with Crippen molar-refractivity contribution in [1.82, 2.24) is 0 Å². The maximum Gasteiger partial charge on any atom is 0.330 e. The summed E-state index contributed by atoms with van der Waals surface area (Å²) in [5.41, 5.74) is 5.44. The van der Waals surface area contributed by atoms with Crippen LogP contribution in [0.25, 0.3) is 0 Å². The van der Waals surface area contributed by atoms with E-state index in [9.17, 15) is 81.1 Å². The number of methoxy groups -OCH3 is 1. The monoisotopic (exact) mass is 1220 g/mol. The first kappa shape index (κ1) is 79.4. The Hall–Kier alpha value is -4.66. The average molecular weight is 1220 g/mol. The molecule has 0 amide bonds. The van der Waals surface area contributed by atoms with Crippen molar-refractivity contribution in [2.45, 2.75) is 222 Å². The number of carbonyl (C=O) groups excluding carboxylic acids is 2. The van der Waals surface area contributed by atoms with Crippen molar-refractivity contribution in [1.29, 1.82) is 0 Å². The van der Waals surface area contributed by atoms with Crippen LogP contribution in [0.3, 0.4) is 0 Å². The molecular formula is C66H105NO19. The summed E-state index contributed by atoms with van der Waals surface area (Å²) in [7, 11) is 1.32. The topological polar surface area (TPSA) is 371 Å². The average Bonchev–Trinajstić information content (AvgIpc) is 3.13. The van der Waals surface area contributed by atoms with Gasteiger partial charge >= 0.3 is 5.97 Å². The number of ether oxygens (including phenoxy) is 3. The molecule has 0 aliphatic carbocycles. The van der Waals surface area contributed by atoms with Gasteiger partial charge in [0.05, 0.1) is 86.5 Å². The normalized spacial score (nSPS) is 23.9. The summed E-state index contributed by atoms with van der Waals surface area (Å²) in [5.74, 6) is -2.36. The predicted octanol–water partition coefficient (Wildman–Crippen LogP) is 3.91. The minimum atomic E-state index is -1.64. The number of Topliss-reactive ketones (excluding diaryl/α,β-unsaturated/α-hetero) is 1. The van der Waals surface area contributed by atoms with Crippen molar-refractivity contribution in [3.05, 3.63) is 146 Å². The predicted molar refractivity (Wildman–Crippen MR) is 331 cm³/mol. The maximum atomic E-state index is 13.6. The lowest BCUT2D eigenvalue weighted by Crippen LogP contribution is -2.58. The number of aliphatic hydroxyl groups is 14. The second-order valence-electron chi connectivity index (χ2n) is 22.2. The highest BCUT2D eigenvalue weighted by Crippen LogP contribution is 2.27. The smallest absolute Gasteiger partial charge is 0.330 e. The Bertz CT molecular complexity index is 2190. The Morgan fingerprint density at radius 2 is 1.01 bits per heavy atom. The number of hydrogen-bond donors (Lipinski definition) is 15. The first-order chi connectivity index (χ1) is 40.9. The number of aliphatic hydroxyl groups excluding tert-OH is 14. The van der Waals surface area contributed by atoms with Crippen LogP contribution in [-0.4, -0.2) is 201 Å². The zero-order valence-corrected chi connectivity index (χ0v) is 50.9. The lowest BCUT2D eigenvalue weighted by molar-refractivity contribution is -0.306. The van der Waals surface area contributed by atoms with Gasteiger partial charge in [-0.3, -0.25) is 4.79 Å². The third-order valence-electron chi connectivity index (χ3n) is 14.4. The van der Waals surface area contributed by atoms with Crippen molar-refractivity contribution in [2.75, 3.05) is 13.7 Å². The fraction of sp³-hybridized carbons (Fsp3) is 0.606. The highest BCUT2D eigenvalue weighted by Gasteiger charge is 2.44. The van der Waals surface area contributed by atoms with Crippen molar-refractivity contribution in [2.24, 2.45) is 23.5 Å².